The fourth-order valence-electron chi connectivity index (χ4n) is 0.866. The predicted octanol–water partition coefficient (Wildman–Crippen LogP) is 3.33. The third-order valence-electron chi connectivity index (χ3n) is 1.61. The quantitative estimate of drug-likeness (QED) is 0.440. The highest BCUT2D eigenvalue weighted by Gasteiger charge is 2.30. The van der Waals surface area contributed by atoms with Crippen molar-refractivity contribution in [3.05, 3.63) is 24.0 Å². The summed E-state index contributed by atoms with van der Waals surface area (Å²) in [6.45, 7) is 0. The molecule has 1 unspecified atom stereocenters. The van der Waals surface area contributed by atoms with E-state index in [1.807, 2.05) is 18.2 Å². The lowest BCUT2D eigenvalue weighted by Crippen LogP contribution is -2.29. The van der Waals surface area contributed by atoms with E-state index in [1.54, 1.807) is 10.1 Å². The third kappa shape index (κ3) is 2.25. The molecule has 0 aromatic carbocycles. The van der Waals surface area contributed by atoms with Crippen LogP contribution in [0.15, 0.2) is 24.0 Å². The van der Waals surface area contributed by atoms with Crippen LogP contribution in [0, 0.1) is 0 Å². The normalized spacial score (nSPS) is 28.9. The number of halogens is 3. The molecule has 12 heavy (non-hydrogen) atoms. The van der Waals surface area contributed by atoms with Crippen molar-refractivity contribution in [2.24, 2.45) is 0 Å². The van der Waals surface area contributed by atoms with Gasteiger partial charge in [-0.05, 0) is 18.2 Å². The molecule has 0 aliphatic heterocycles. The van der Waals surface area contributed by atoms with Gasteiger partial charge in [0.05, 0.1) is 7.11 Å². The molecule has 0 fully saturated rings. The largest absolute Gasteiger partial charge is 0.497 e. The second-order valence-electron chi connectivity index (χ2n) is 2.40. The molecule has 0 heterocycles. The number of methoxy groups -OCH3 is 1. The van der Waals surface area contributed by atoms with Gasteiger partial charge in [0.15, 0.2) is 0 Å². The smallest absolute Gasteiger partial charge is 0.138 e. The zero-order valence-corrected chi connectivity index (χ0v) is 10.4. The Morgan fingerprint density at radius 1 is 1.67 bits per heavy atom. The maximum atomic E-state index is 6.18. The maximum Gasteiger partial charge on any atom is 0.138 e. The van der Waals surface area contributed by atoms with Crippen LogP contribution < -0.4 is 0 Å². The van der Waals surface area contributed by atoms with Crippen molar-refractivity contribution in [2.45, 2.75) is 11.4 Å². The van der Waals surface area contributed by atoms with E-state index in [9.17, 15) is 0 Å². The van der Waals surface area contributed by atoms with Gasteiger partial charge >= 0.3 is 0 Å². The first kappa shape index (κ1) is 10.6. The monoisotopic (exact) mass is 315 g/mol. The molecule has 0 amide bonds. The van der Waals surface area contributed by atoms with Gasteiger partial charge in [0.25, 0.3) is 0 Å². The molecule has 5 heteroatoms. The van der Waals surface area contributed by atoms with Crippen molar-refractivity contribution >= 4 is 43.9 Å². The molecule has 0 bridgehead atoms. The van der Waals surface area contributed by atoms with Crippen LogP contribution in [0.25, 0.3) is 0 Å². The zero-order chi connectivity index (χ0) is 9.19. The number of hydrogen-bond acceptors (Lipinski definition) is 2. The van der Waals surface area contributed by atoms with E-state index in [0.29, 0.717) is 6.42 Å². The summed E-state index contributed by atoms with van der Waals surface area (Å²) < 4.78 is 6.64. The van der Waals surface area contributed by atoms with E-state index in [2.05, 4.69) is 32.3 Å². The van der Waals surface area contributed by atoms with Gasteiger partial charge in [0, 0.05) is 38.7 Å². The van der Waals surface area contributed by atoms with Gasteiger partial charge in [-0.25, -0.2) is 0 Å². The number of hydrogen-bond donors (Lipinski definition) is 0. The minimum atomic E-state index is -0.540. The van der Waals surface area contributed by atoms with E-state index in [4.69, 9.17) is 16.3 Å². The Kier molecular flexibility index (Phi) is 3.64. The molecule has 0 radical (unpaired) electrons. The van der Waals surface area contributed by atoms with Crippen LogP contribution in [0.4, 0.5) is 0 Å². The summed E-state index contributed by atoms with van der Waals surface area (Å²) in [5, 5.41) is 0. The molecule has 0 aromatic rings. The van der Waals surface area contributed by atoms with E-state index >= 15 is 0 Å². The number of allylic oxidation sites excluding steroid dienone is 1. The van der Waals surface area contributed by atoms with E-state index in [-0.39, 0.29) is 0 Å². The van der Waals surface area contributed by atoms with Crippen molar-refractivity contribution < 1.29 is 4.74 Å². The zero-order valence-electron chi connectivity index (χ0n) is 6.43. The van der Waals surface area contributed by atoms with E-state index in [1.165, 1.54) is 0 Å². The Balaban J connectivity index is 2.70. The summed E-state index contributed by atoms with van der Waals surface area (Å²) in [7, 11) is 1.64. The Morgan fingerprint density at radius 3 is 2.67 bits per heavy atom. The lowest BCUT2D eigenvalue weighted by atomic mass is 10.1. The second-order valence-corrected chi connectivity index (χ2v) is 5.42. The van der Waals surface area contributed by atoms with Crippen LogP contribution in [0.2, 0.25) is 0 Å². The van der Waals surface area contributed by atoms with E-state index in [0.717, 1.165) is 5.76 Å². The topological polar surface area (TPSA) is 12.5 Å². The molecular weight excluding hydrogens is 309 g/mol. The highest BCUT2D eigenvalue weighted by Crippen LogP contribution is 2.36. The Hall–Kier alpha value is 0.490. The van der Waals surface area contributed by atoms with Crippen LogP contribution in [0.3, 0.4) is 0 Å². The first-order chi connectivity index (χ1) is 5.58. The standard InChI is InChI=1S/C7H8Br2ClNO/c1-12-6-2-4-7(10,5-3-6)11(8)9/h2-4H,5H2,1H3. The molecule has 0 spiro atoms. The maximum absolute atomic E-state index is 6.18. The average molecular weight is 317 g/mol. The van der Waals surface area contributed by atoms with Crippen molar-refractivity contribution in [2.75, 3.05) is 7.11 Å². The van der Waals surface area contributed by atoms with Crippen molar-refractivity contribution in [3.8, 4) is 0 Å². The van der Waals surface area contributed by atoms with Crippen molar-refractivity contribution in [1.29, 1.82) is 0 Å². The van der Waals surface area contributed by atoms with Gasteiger partial charge in [0.1, 0.15) is 10.8 Å². The molecule has 1 atom stereocenters. The molecule has 68 valence electrons. The summed E-state index contributed by atoms with van der Waals surface area (Å²) in [5.41, 5.74) is 0. The third-order valence-corrected chi connectivity index (χ3v) is 3.73. The summed E-state index contributed by atoms with van der Waals surface area (Å²) in [4.78, 5) is -0.540. The molecule has 0 N–H and O–H groups in total. The number of nitrogens with zero attached hydrogens (tertiary/aromatic N) is 1. The average Bonchev–Trinajstić information content (AvgIpc) is 2.06. The van der Waals surface area contributed by atoms with Crippen LogP contribution in [-0.2, 0) is 4.74 Å². The Bertz CT molecular complexity index is 229. The molecule has 1 rings (SSSR count). The Morgan fingerprint density at radius 2 is 2.33 bits per heavy atom. The summed E-state index contributed by atoms with van der Waals surface area (Å²) >= 11 is 12.6. The van der Waals surface area contributed by atoms with E-state index < -0.39 is 5.00 Å². The van der Waals surface area contributed by atoms with Gasteiger partial charge in [-0.2, -0.15) is 2.95 Å². The highest BCUT2D eigenvalue weighted by atomic mass is 79.9. The van der Waals surface area contributed by atoms with Gasteiger partial charge in [-0.15, -0.1) is 0 Å². The van der Waals surface area contributed by atoms with Crippen molar-refractivity contribution in [3.63, 3.8) is 0 Å². The van der Waals surface area contributed by atoms with Crippen molar-refractivity contribution in [1.82, 2.24) is 2.95 Å². The number of ether oxygens (including phenoxy) is 1. The molecular formula is C7H8Br2ClNO. The minimum absolute atomic E-state index is 0.540. The predicted molar refractivity (Wildman–Crippen MR) is 57.1 cm³/mol. The molecule has 1 aliphatic rings. The molecule has 0 saturated heterocycles. The lowest BCUT2D eigenvalue weighted by Gasteiger charge is -2.28. The first-order valence-electron chi connectivity index (χ1n) is 3.32. The summed E-state index contributed by atoms with van der Waals surface area (Å²) in [6.07, 6.45) is 6.32. The van der Waals surface area contributed by atoms with Gasteiger partial charge in [-0.1, -0.05) is 11.6 Å². The van der Waals surface area contributed by atoms with Crippen LogP contribution in [0.1, 0.15) is 6.42 Å². The van der Waals surface area contributed by atoms with Gasteiger partial charge in [-0.3, -0.25) is 0 Å². The SMILES string of the molecule is COC1=CCC(Cl)(N(Br)Br)C=C1. The van der Waals surface area contributed by atoms with Crippen LogP contribution >= 0.6 is 43.9 Å². The van der Waals surface area contributed by atoms with Gasteiger partial charge in [0.2, 0.25) is 0 Å². The molecule has 1 aliphatic carbocycles. The number of alkyl halides is 1. The summed E-state index contributed by atoms with van der Waals surface area (Å²) in [6, 6.07) is 0. The van der Waals surface area contributed by atoms with Gasteiger partial charge < -0.3 is 4.74 Å². The molecule has 0 aromatic heterocycles. The Labute approximate surface area is 93.9 Å². The van der Waals surface area contributed by atoms with Crippen LogP contribution in [-0.4, -0.2) is 15.1 Å². The minimum Gasteiger partial charge on any atom is -0.497 e. The number of rotatable bonds is 2. The molecule has 0 saturated carbocycles. The fourth-order valence-corrected chi connectivity index (χ4v) is 1.53. The lowest BCUT2D eigenvalue weighted by molar-refractivity contribution is 0.300. The fraction of sp³-hybridized carbons (Fsp3) is 0.429. The van der Waals surface area contributed by atoms with Crippen LogP contribution in [0.5, 0.6) is 0 Å². The highest BCUT2D eigenvalue weighted by molar-refractivity contribution is 9.21. The summed E-state index contributed by atoms with van der Waals surface area (Å²) in [5.74, 6) is 0.841. The second kappa shape index (κ2) is 4.13. The molecule has 2 nitrogen and oxygen atoms in total. The first-order valence-corrected chi connectivity index (χ1v) is 5.12.